The predicted molar refractivity (Wildman–Crippen MR) is 69.5 cm³/mol. The summed E-state index contributed by atoms with van der Waals surface area (Å²) in [6.07, 6.45) is 1.73. The van der Waals surface area contributed by atoms with E-state index in [-0.39, 0.29) is 23.2 Å². The van der Waals surface area contributed by atoms with Gasteiger partial charge in [0.25, 0.3) is 5.91 Å². The van der Waals surface area contributed by atoms with E-state index < -0.39 is 11.7 Å². The minimum absolute atomic E-state index is 0.0625. The third-order valence-electron chi connectivity index (χ3n) is 2.34. The van der Waals surface area contributed by atoms with Crippen LogP contribution < -0.4 is 5.32 Å². The molecule has 0 saturated carbocycles. The van der Waals surface area contributed by atoms with Crippen molar-refractivity contribution in [2.45, 2.75) is 13.3 Å². The average Bonchev–Trinajstić information content (AvgIpc) is 2.38. The van der Waals surface area contributed by atoms with Gasteiger partial charge in [-0.2, -0.15) is 0 Å². The fourth-order valence-electron chi connectivity index (χ4n) is 1.39. The van der Waals surface area contributed by atoms with Gasteiger partial charge in [0.1, 0.15) is 11.0 Å². The Bertz CT molecular complexity index is 482. The van der Waals surface area contributed by atoms with E-state index in [1.165, 1.54) is 7.05 Å². The van der Waals surface area contributed by atoms with Crippen LogP contribution in [0.25, 0.3) is 0 Å². The topological polar surface area (TPSA) is 62.3 Å². The Morgan fingerprint density at radius 1 is 1.53 bits per heavy atom. The molecule has 0 saturated heterocycles. The predicted octanol–water partition coefficient (Wildman–Crippen LogP) is 1.47. The lowest BCUT2D eigenvalue weighted by atomic mass is 10.2. The van der Waals surface area contributed by atoms with Crippen LogP contribution in [0, 0.1) is 5.82 Å². The molecule has 104 valence electrons. The van der Waals surface area contributed by atoms with Gasteiger partial charge in [-0.3, -0.25) is 9.59 Å². The van der Waals surface area contributed by atoms with E-state index in [1.54, 1.807) is 0 Å². The van der Waals surface area contributed by atoms with Gasteiger partial charge in [0.15, 0.2) is 0 Å². The van der Waals surface area contributed by atoms with Crippen molar-refractivity contribution >= 4 is 23.4 Å². The fraction of sp³-hybridized carbons (Fsp3) is 0.417. The normalized spacial score (nSPS) is 10.1. The molecule has 7 heteroatoms. The molecule has 0 unspecified atom stereocenters. The number of likely N-dealkylation sites (N-methyl/N-ethyl adjacent to an activating group) is 1. The number of amides is 2. The molecule has 0 fully saturated rings. The van der Waals surface area contributed by atoms with Crippen LogP contribution >= 0.6 is 11.6 Å². The monoisotopic (exact) mass is 287 g/mol. The zero-order valence-electron chi connectivity index (χ0n) is 10.7. The lowest BCUT2D eigenvalue weighted by Gasteiger charge is -2.17. The van der Waals surface area contributed by atoms with Gasteiger partial charge in [0.2, 0.25) is 5.91 Å². The third-order valence-corrected chi connectivity index (χ3v) is 2.64. The molecule has 0 aliphatic carbocycles. The van der Waals surface area contributed by atoms with Crippen LogP contribution in [-0.2, 0) is 4.79 Å². The van der Waals surface area contributed by atoms with E-state index in [0.29, 0.717) is 6.54 Å². The highest BCUT2D eigenvalue weighted by Crippen LogP contribution is 2.15. The van der Waals surface area contributed by atoms with Crippen molar-refractivity contribution in [2.24, 2.45) is 0 Å². The zero-order valence-corrected chi connectivity index (χ0v) is 11.5. The van der Waals surface area contributed by atoms with Crippen LogP contribution in [0.4, 0.5) is 4.39 Å². The largest absolute Gasteiger partial charge is 0.355 e. The summed E-state index contributed by atoms with van der Waals surface area (Å²) in [6, 6.07) is 0.998. The Kier molecular flexibility index (Phi) is 5.69. The molecule has 1 N–H and O–H groups in total. The Morgan fingerprint density at radius 2 is 2.21 bits per heavy atom. The molecule has 5 nitrogen and oxygen atoms in total. The first kappa shape index (κ1) is 15.4. The van der Waals surface area contributed by atoms with Crippen LogP contribution in [0.1, 0.15) is 23.7 Å². The van der Waals surface area contributed by atoms with E-state index in [9.17, 15) is 14.0 Å². The second-order valence-corrected chi connectivity index (χ2v) is 4.36. The smallest absolute Gasteiger partial charge is 0.257 e. The summed E-state index contributed by atoms with van der Waals surface area (Å²) in [5.41, 5.74) is -0.0625. The van der Waals surface area contributed by atoms with Crippen molar-refractivity contribution in [1.82, 2.24) is 15.2 Å². The maximum atomic E-state index is 13.0. The van der Waals surface area contributed by atoms with E-state index in [0.717, 1.165) is 23.6 Å². The van der Waals surface area contributed by atoms with Gasteiger partial charge in [0, 0.05) is 13.6 Å². The summed E-state index contributed by atoms with van der Waals surface area (Å²) in [7, 11) is 1.44. The first-order valence-electron chi connectivity index (χ1n) is 5.79. The number of carbonyl (C=O) groups excluding carboxylic acids is 2. The molecule has 0 atom stereocenters. The summed E-state index contributed by atoms with van der Waals surface area (Å²) < 4.78 is 13.0. The first-order chi connectivity index (χ1) is 8.95. The molecule has 2 amide bonds. The standard InChI is InChI=1S/C12H15ClFN3O2/c1-3-4-15-10(18)7-17(2)12(19)9-5-8(14)6-16-11(9)13/h5-6H,3-4,7H2,1-2H3,(H,15,18). The van der Waals surface area contributed by atoms with Gasteiger partial charge >= 0.3 is 0 Å². The number of rotatable bonds is 5. The molecular weight excluding hydrogens is 273 g/mol. The summed E-state index contributed by atoms with van der Waals surface area (Å²) >= 11 is 5.73. The van der Waals surface area contributed by atoms with Gasteiger partial charge in [-0.15, -0.1) is 0 Å². The maximum absolute atomic E-state index is 13.0. The highest BCUT2D eigenvalue weighted by Gasteiger charge is 2.18. The number of halogens is 2. The van der Waals surface area contributed by atoms with Gasteiger partial charge in [-0.05, 0) is 12.5 Å². The number of aromatic nitrogens is 1. The number of hydrogen-bond acceptors (Lipinski definition) is 3. The van der Waals surface area contributed by atoms with Crippen LogP contribution in [0.3, 0.4) is 0 Å². The zero-order chi connectivity index (χ0) is 14.4. The summed E-state index contributed by atoms with van der Waals surface area (Å²) in [6.45, 7) is 2.35. The minimum Gasteiger partial charge on any atom is -0.355 e. The average molecular weight is 288 g/mol. The molecule has 0 aromatic carbocycles. The Morgan fingerprint density at radius 3 is 2.84 bits per heavy atom. The number of carbonyl (C=O) groups is 2. The van der Waals surface area contributed by atoms with E-state index in [2.05, 4.69) is 10.3 Å². The highest BCUT2D eigenvalue weighted by atomic mass is 35.5. The van der Waals surface area contributed by atoms with Gasteiger partial charge in [0.05, 0.1) is 18.3 Å². The lowest BCUT2D eigenvalue weighted by Crippen LogP contribution is -2.38. The summed E-state index contributed by atoms with van der Waals surface area (Å²) in [5, 5.41) is 2.55. The highest BCUT2D eigenvalue weighted by molar-refractivity contribution is 6.32. The van der Waals surface area contributed by atoms with Gasteiger partial charge < -0.3 is 10.2 Å². The maximum Gasteiger partial charge on any atom is 0.257 e. The molecule has 0 bridgehead atoms. The van der Waals surface area contributed by atoms with Gasteiger partial charge in [-0.1, -0.05) is 18.5 Å². The number of nitrogens with one attached hydrogen (secondary N) is 1. The van der Waals surface area contributed by atoms with Crippen LogP contribution in [0.15, 0.2) is 12.3 Å². The van der Waals surface area contributed by atoms with Crippen LogP contribution in [-0.4, -0.2) is 41.8 Å². The number of pyridine rings is 1. The van der Waals surface area contributed by atoms with Crippen molar-refractivity contribution in [3.63, 3.8) is 0 Å². The second kappa shape index (κ2) is 7.04. The van der Waals surface area contributed by atoms with Crippen molar-refractivity contribution in [3.8, 4) is 0 Å². The first-order valence-corrected chi connectivity index (χ1v) is 6.16. The van der Waals surface area contributed by atoms with Crippen molar-refractivity contribution in [2.75, 3.05) is 20.1 Å². The molecule has 1 heterocycles. The SMILES string of the molecule is CCCNC(=O)CN(C)C(=O)c1cc(F)cnc1Cl. The Labute approximate surface area is 115 Å². The molecule has 1 aromatic rings. The molecule has 0 radical (unpaired) electrons. The molecule has 0 spiro atoms. The Hall–Kier alpha value is -1.69. The number of hydrogen-bond donors (Lipinski definition) is 1. The van der Waals surface area contributed by atoms with Gasteiger partial charge in [-0.25, -0.2) is 9.37 Å². The lowest BCUT2D eigenvalue weighted by molar-refractivity contribution is -0.121. The molecule has 0 aliphatic heterocycles. The van der Waals surface area contributed by atoms with E-state index in [4.69, 9.17) is 11.6 Å². The molecular formula is C12H15ClFN3O2. The fourth-order valence-corrected chi connectivity index (χ4v) is 1.57. The molecule has 0 aliphatic rings. The quantitative estimate of drug-likeness (QED) is 0.834. The third kappa shape index (κ3) is 4.48. The molecule has 1 aromatic heterocycles. The van der Waals surface area contributed by atoms with E-state index in [1.807, 2.05) is 6.92 Å². The van der Waals surface area contributed by atoms with Crippen molar-refractivity contribution in [1.29, 1.82) is 0 Å². The van der Waals surface area contributed by atoms with Crippen molar-refractivity contribution < 1.29 is 14.0 Å². The van der Waals surface area contributed by atoms with Crippen LogP contribution in [0.2, 0.25) is 5.15 Å². The van der Waals surface area contributed by atoms with E-state index >= 15 is 0 Å². The molecule has 1 rings (SSSR count). The van der Waals surface area contributed by atoms with Crippen molar-refractivity contribution in [3.05, 3.63) is 28.8 Å². The minimum atomic E-state index is -0.656. The summed E-state index contributed by atoms with van der Waals surface area (Å²) in [4.78, 5) is 28.2. The van der Waals surface area contributed by atoms with Crippen LogP contribution in [0.5, 0.6) is 0 Å². The number of nitrogens with zero attached hydrogens (tertiary/aromatic N) is 2. The molecule has 19 heavy (non-hydrogen) atoms. The Balaban J connectivity index is 2.71. The second-order valence-electron chi connectivity index (χ2n) is 4.00. The summed E-state index contributed by atoms with van der Waals surface area (Å²) in [5.74, 6) is -1.49.